The summed E-state index contributed by atoms with van der Waals surface area (Å²) < 4.78 is 2.33. The van der Waals surface area contributed by atoms with Gasteiger partial charge in [0.25, 0.3) is 5.91 Å². The van der Waals surface area contributed by atoms with Crippen LogP contribution in [0, 0.1) is 13.8 Å². The van der Waals surface area contributed by atoms with Gasteiger partial charge in [0.15, 0.2) is 0 Å². The summed E-state index contributed by atoms with van der Waals surface area (Å²) in [4.78, 5) is 12.7. The third-order valence-electron chi connectivity index (χ3n) is 5.63. The van der Waals surface area contributed by atoms with Gasteiger partial charge in [-0.25, -0.2) is 0 Å². The largest absolute Gasteiger partial charge is 0.352 e. The lowest BCUT2D eigenvalue weighted by Crippen LogP contribution is -2.25. The van der Waals surface area contributed by atoms with Crippen LogP contribution in [-0.4, -0.2) is 17.0 Å². The Bertz CT molecular complexity index is 1130. The van der Waals surface area contributed by atoms with Gasteiger partial charge in [0.05, 0.1) is 0 Å². The average molecular weight is 383 g/mol. The van der Waals surface area contributed by atoms with Crippen molar-refractivity contribution in [3.63, 3.8) is 0 Å². The number of hydrogen-bond donors (Lipinski definition) is 1. The van der Waals surface area contributed by atoms with E-state index in [0.29, 0.717) is 12.1 Å². The van der Waals surface area contributed by atoms with E-state index < -0.39 is 0 Å². The molecule has 0 atom stereocenters. The number of benzene rings is 3. The molecule has 0 bridgehead atoms. The van der Waals surface area contributed by atoms with Crippen molar-refractivity contribution in [1.82, 2.24) is 9.88 Å². The van der Waals surface area contributed by atoms with Gasteiger partial charge >= 0.3 is 0 Å². The van der Waals surface area contributed by atoms with Crippen LogP contribution in [0.5, 0.6) is 0 Å². The highest BCUT2D eigenvalue weighted by Crippen LogP contribution is 2.27. The minimum Gasteiger partial charge on any atom is -0.352 e. The zero-order valence-corrected chi connectivity index (χ0v) is 17.0. The first-order valence-electron chi connectivity index (χ1n) is 10.1. The van der Waals surface area contributed by atoms with Crippen molar-refractivity contribution in [2.24, 2.45) is 0 Å². The molecule has 0 radical (unpaired) electrons. The molecule has 3 aromatic carbocycles. The molecule has 4 rings (SSSR count). The second-order valence-electron chi connectivity index (χ2n) is 7.51. The monoisotopic (exact) mass is 382 g/mol. The molecule has 4 aromatic rings. The van der Waals surface area contributed by atoms with Crippen LogP contribution in [0.25, 0.3) is 10.9 Å². The van der Waals surface area contributed by atoms with E-state index in [4.69, 9.17) is 0 Å². The Morgan fingerprint density at radius 1 is 0.862 bits per heavy atom. The fourth-order valence-corrected chi connectivity index (χ4v) is 3.83. The maximum atomic E-state index is 12.7. The molecule has 0 saturated heterocycles. The number of carbonyl (C=O) groups excluding carboxylic acids is 1. The predicted molar refractivity (Wildman–Crippen MR) is 119 cm³/mol. The minimum atomic E-state index is -0.0179. The summed E-state index contributed by atoms with van der Waals surface area (Å²) >= 11 is 0. The van der Waals surface area contributed by atoms with E-state index in [2.05, 4.69) is 66.2 Å². The van der Waals surface area contributed by atoms with Crippen molar-refractivity contribution < 1.29 is 4.79 Å². The lowest BCUT2D eigenvalue weighted by molar-refractivity contribution is 0.0954. The highest BCUT2D eigenvalue weighted by molar-refractivity contribution is 5.99. The number of nitrogens with zero attached hydrogens (tertiary/aromatic N) is 1. The number of fused-ring (bicyclic) bond motifs is 1. The van der Waals surface area contributed by atoms with Gasteiger partial charge in [-0.05, 0) is 55.2 Å². The molecule has 0 aliphatic heterocycles. The number of aromatic nitrogens is 1. The van der Waals surface area contributed by atoms with Crippen molar-refractivity contribution in [2.75, 3.05) is 6.54 Å². The van der Waals surface area contributed by atoms with Gasteiger partial charge in [0, 0.05) is 35.2 Å². The first-order valence-corrected chi connectivity index (χ1v) is 10.1. The molecule has 1 N–H and O–H groups in total. The van der Waals surface area contributed by atoms with Crippen LogP contribution in [0.3, 0.4) is 0 Å². The first kappa shape index (κ1) is 19.0. The highest BCUT2D eigenvalue weighted by atomic mass is 16.1. The van der Waals surface area contributed by atoms with Gasteiger partial charge in [-0.15, -0.1) is 0 Å². The lowest BCUT2D eigenvalue weighted by atomic mass is 10.1. The van der Waals surface area contributed by atoms with Gasteiger partial charge in [-0.1, -0.05) is 60.7 Å². The number of carbonyl (C=O) groups is 1. The van der Waals surface area contributed by atoms with E-state index in [0.717, 1.165) is 18.4 Å². The number of aryl methyl sites for hydroxylation is 1. The Kier molecular flexibility index (Phi) is 5.48. The van der Waals surface area contributed by atoms with Crippen molar-refractivity contribution in [2.45, 2.75) is 26.8 Å². The van der Waals surface area contributed by atoms with E-state index in [9.17, 15) is 4.79 Å². The summed E-state index contributed by atoms with van der Waals surface area (Å²) in [5.74, 6) is -0.0179. The van der Waals surface area contributed by atoms with Crippen molar-refractivity contribution in [3.8, 4) is 0 Å². The van der Waals surface area contributed by atoms with Gasteiger partial charge < -0.3 is 9.88 Å². The molecule has 29 heavy (non-hydrogen) atoms. The summed E-state index contributed by atoms with van der Waals surface area (Å²) in [5, 5.41) is 4.19. The first-order chi connectivity index (χ1) is 14.1. The fraction of sp³-hybridized carbons (Fsp3) is 0.192. The van der Waals surface area contributed by atoms with E-state index in [1.165, 1.54) is 27.9 Å². The topological polar surface area (TPSA) is 34.0 Å². The third-order valence-corrected chi connectivity index (χ3v) is 5.63. The molecule has 0 aliphatic rings. The van der Waals surface area contributed by atoms with E-state index >= 15 is 0 Å². The Labute approximate surface area is 172 Å². The molecule has 0 aliphatic carbocycles. The zero-order valence-electron chi connectivity index (χ0n) is 17.0. The number of nitrogens with one attached hydrogen (secondary N) is 1. The normalized spacial score (nSPS) is 11.0. The van der Waals surface area contributed by atoms with Crippen LogP contribution in [0.2, 0.25) is 0 Å². The Balaban J connectivity index is 1.53. The van der Waals surface area contributed by atoms with Crippen LogP contribution in [0.4, 0.5) is 0 Å². The van der Waals surface area contributed by atoms with E-state index in [1.54, 1.807) is 0 Å². The van der Waals surface area contributed by atoms with Gasteiger partial charge in [-0.3, -0.25) is 4.79 Å². The molecule has 1 amide bonds. The van der Waals surface area contributed by atoms with Crippen LogP contribution in [-0.2, 0) is 13.0 Å². The van der Waals surface area contributed by atoms with Crippen LogP contribution < -0.4 is 5.32 Å². The van der Waals surface area contributed by atoms with Crippen molar-refractivity contribution >= 4 is 16.8 Å². The molecular weight excluding hydrogens is 356 g/mol. The van der Waals surface area contributed by atoms with E-state index in [-0.39, 0.29) is 5.91 Å². The molecule has 0 fully saturated rings. The number of rotatable bonds is 6. The molecular formula is C26H26N2O. The molecule has 1 aromatic heterocycles. The highest BCUT2D eigenvalue weighted by Gasteiger charge is 2.14. The average Bonchev–Trinajstić information content (AvgIpc) is 2.99. The smallest absolute Gasteiger partial charge is 0.251 e. The summed E-state index contributed by atoms with van der Waals surface area (Å²) in [7, 11) is 0. The minimum absolute atomic E-state index is 0.0179. The second kappa shape index (κ2) is 8.36. The molecule has 3 heteroatoms. The standard InChI is InChI=1S/C26H26N2O/c1-19-20(2)28(18-22-11-7-4-8-12-22)25-14-13-23(17-24(19)25)26(29)27-16-15-21-9-5-3-6-10-21/h3-14,17H,15-16,18H2,1-2H3,(H,27,29). The summed E-state index contributed by atoms with van der Waals surface area (Å²) in [5.41, 5.74) is 6.86. The number of hydrogen-bond acceptors (Lipinski definition) is 1. The fourth-order valence-electron chi connectivity index (χ4n) is 3.83. The van der Waals surface area contributed by atoms with Crippen molar-refractivity contribution in [3.05, 3.63) is 107 Å². The summed E-state index contributed by atoms with van der Waals surface area (Å²) in [6, 6.07) is 26.7. The number of amides is 1. The molecule has 0 unspecified atom stereocenters. The van der Waals surface area contributed by atoms with Crippen LogP contribution in [0.1, 0.15) is 32.7 Å². The Morgan fingerprint density at radius 3 is 2.21 bits per heavy atom. The van der Waals surface area contributed by atoms with Gasteiger partial charge in [-0.2, -0.15) is 0 Å². The van der Waals surface area contributed by atoms with Gasteiger partial charge in [0.1, 0.15) is 0 Å². The molecule has 0 spiro atoms. The van der Waals surface area contributed by atoms with E-state index in [1.807, 2.05) is 36.4 Å². The lowest BCUT2D eigenvalue weighted by Gasteiger charge is -2.09. The maximum Gasteiger partial charge on any atom is 0.251 e. The second-order valence-corrected chi connectivity index (χ2v) is 7.51. The van der Waals surface area contributed by atoms with Crippen LogP contribution in [0.15, 0.2) is 78.9 Å². The summed E-state index contributed by atoms with van der Waals surface area (Å²) in [6.45, 7) is 5.75. The summed E-state index contributed by atoms with van der Waals surface area (Å²) in [6.07, 6.45) is 0.834. The maximum absolute atomic E-state index is 12.7. The SMILES string of the molecule is Cc1c(C)n(Cc2ccccc2)c2ccc(C(=O)NCCc3ccccc3)cc12. The zero-order chi connectivity index (χ0) is 20.2. The molecule has 3 nitrogen and oxygen atoms in total. The Morgan fingerprint density at radius 2 is 1.52 bits per heavy atom. The van der Waals surface area contributed by atoms with Gasteiger partial charge in [0.2, 0.25) is 0 Å². The Hall–Kier alpha value is -3.33. The molecule has 1 heterocycles. The van der Waals surface area contributed by atoms with Crippen molar-refractivity contribution in [1.29, 1.82) is 0 Å². The van der Waals surface area contributed by atoms with Crippen LogP contribution >= 0.6 is 0 Å². The molecule has 0 saturated carbocycles. The predicted octanol–water partition coefficient (Wildman–Crippen LogP) is 5.28. The molecule has 146 valence electrons. The third kappa shape index (κ3) is 4.09. The quantitative estimate of drug-likeness (QED) is 0.484.